The zero-order chi connectivity index (χ0) is 16.3. The smallest absolute Gasteiger partial charge is 0.319 e. The molecule has 6 heteroatoms. The van der Waals surface area contributed by atoms with Crippen LogP contribution in [0.4, 0.5) is 15.6 Å². The lowest BCUT2D eigenvalue weighted by Crippen LogP contribution is -2.60. The Morgan fingerprint density at radius 3 is 2.50 bits per heavy atom. The molecule has 0 atom stereocenters. The van der Waals surface area contributed by atoms with Crippen LogP contribution in [0.1, 0.15) is 38.5 Å². The highest BCUT2D eigenvalue weighted by Crippen LogP contribution is 2.55. The molecule has 0 aliphatic heterocycles. The molecule has 1 heterocycles. The van der Waals surface area contributed by atoms with Gasteiger partial charge in [0.05, 0.1) is 10.2 Å². The Labute approximate surface area is 145 Å². The van der Waals surface area contributed by atoms with Gasteiger partial charge >= 0.3 is 6.03 Å². The Kier molecular flexibility index (Phi) is 3.08. The first-order valence-electron chi connectivity index (χ1n) is 8.82. The van der Waals surface area contributed by atoms with Crippen LogP contribution in [0.5, 0.6) is 0 Å². The van der Waals surface area contributed by atoms with Gasteiger partial charge < -0.3 is 16.4 Å². The lowest BCUT2D eigenvalue weighted by Gasteiger charge is -2.56. The average molecular weight is 342 g/mol. The lowest BCUT2D eigenvalue weighted by atomic mass is 9.53. The minimum atomic E-state index is -0.0752. The van der Waals surface area contributed by atoms with E-state index in [0.717, 1.165) is 52.9 Å². The van der Waals surface area contributed by atoms with E-state index in [2.05, 4.69) is 15.6 Å². The number of benzene rings is 1. The first-order chi connectivity index (χ1) is 11.6. The van der Waals surface area contributed by atoms with Crippen LogP contribution in [0, 0.1) is 17.8 Å². The number of nitrogens with one attached hydrogen (secondary N) is 2. The molecule has 4 aliphatic carbocycles. The minimum absolute atomic E-state index is 0.0395. The number of carbonyl (C=O) groups is 1. The predicted molar refractivity (Wildman–Crippen MR) is 97.1 cm³/mol. The van der Waals surface area contributed by atoms with E-state index in [4.69, 9.17) is 5.73 Å². The quantitative estimate of drug-likeness (QED) is 0.772. The Morgan fingerprint density at radius 2 is 1.83 bits per heavy atom. The Morgan fingerprint density at radius 1 is 1.17 bits per heavy atom. The fraction of sp³-hybridized carbons (Fsp3) is 0.556. The van der Waals surface area contributed by atoms with Crippen LogP contribution >= 0.6 is 11.3 Å². The van der Waals surface area contributed by atoms with Crippen LogP contribution in [0.2, 0.25) is 0 Å². The molecule has 4 fully saturated rings. The third-order valence-corrected chi connectivity index (χ3v) is 6.93. The SMILES string of the molecule is Nc1nc2ccc(NC(=O)NC34CC5CC(CC(C5)C3)C4)cc2s1. The zero-order valence-corrected chi connectivity index (χ0v) is 14.4. The van der Waals surface area contributed by atoms with Crippen molar-refractivity contribution in [1.29, 1.82) is 0 Å². The maximum absolute atomic E-state index is 12.6. The molecule has 5 nitrogen and oxygen atoms in total. The van der Waals surface area contributed by atoms with Crippen molar-refractivity contribution in [3.05, 3.63) is 18.2 Å². The van der Waals surface area contributed by atoms with Crippen molar-refractivity contribution in [2.45, 2.75) is 44.1 Å². The van der Waals surface area contributed by atoms with E-state index < -0.39 is 0 Å². The maximum Gasteiger partial charge on any atom is 0.319 e. The van der Waals surface area contributed by atoms with E-state index in [-0.39, 0.29) is 11.6 Å². The summed E-state index contributed by atoms with van der Waals surface area (Å²) in [6.45, 7) is 0. The number of fused-ring (bicyclic) bond motifs is 1. The Balaban J connectivity index is 1.31. The van der Waals surface area contributed by atoms with Crippen LogP contribution in [0.15, 0.2) is 18.2 Å². The van der Waals surface area contributed by atoms with Gasteiger partial charge in [-0.15, -0.1) is 0 Å². The molecule has 4 saturated carbocycles. The second-order valence-corrected chi connectivity index (χ2v) is 9.07. The Bertz CT molecular complexity index is 779. The van der Waals surface area contributed by atoms with Crippen molar-refractivity contribution in [3.63, 3.8) is 0 Å². The standard InChI is InChI=1S/C18H22N4OS/c19-16-21-14-2-1-13(6-15(14)24-16)20-17(23)22-18-7-10-3-11(8-18)5-12(4-10)9-18/h1-2,6,10-12H,3-5,7-9H2,(H2,19,21)(H2,20,22,23). The van der Waals surface area contributed by atoms with Crippen molar-refractivity contribution in [2.75, 3.05) is 11.1 Å². The van der Waals surface area contributed by atoms with Gasteiger partial charge in [0.15, 0.2) is 5.13 Å². The fourth-order valence-electron chi connectivity index (χ4n) is 5.69. The van der Waals surface area contributed by atoms with Gasteiger partial charge in [-0.25, -0.2) is 9.78 Å². The molecule has 0 radical (unpaired) electrons. The highest BCUT2D eigenvalue weighted by Gasteiger charge is 2.51. The van der Waals surface area contributed by atoms with Crippen molar-refractivity contribution < 1.29 is 4.79 Å². The fourth-order valence-corrected chi connectivity index (χ4v) is 6.46. The van der Waals surface area contributed by atoms with Gasteiger partial charge in [-0.3, -0.25) is 0 Å². The maximum atomic E-state index is 12.6. The van der Waals surface area contributed by atoms with Gasteiger partial charge in [-0.2, -0.15) is 0 Å². The van der Waals surface area contributed by atoms with Crippen LogP contribution in [0.25, 0.3) is 10.2 Å². The summed E-state index contributed by atoms with van der Waals surface area (Å²) in [5.74, 6) is 2.48. The summed E-state index contributed by atoms with van der Waals surface area (Å²) in [4.78, 5) is 16.8. The van der Waals surface area contributed by atoms with Crippen molar-refractivity contribution >= 4 is 38.4 Å². The summed E-state index contributed by atoms with van der Waals surface area (Å²) in [5, 5.41) is 6.90. The monoisotopic (exact) mass is 342 g/mol. The molecular formula is C18H22N4OS. The van der Waals surface area contributed by atoms with Gasteiger partial charge in [0.1, 0.15) is 0 Å². The first-order valence-corrected chi connectivity index (χ1v) is 9.64. The van der Waals surface area contributed by atoms with Crippen LogP contribution in [-0.2, 0) is 0 Å². The van der Waals surface area contributed by atoms with E-state index in [9.17, 15) is 4.79 Å². The number of amides is 2. The molecule has 4 N–H and O–H groups in total. The molecular weight excluding hydrogens is 320 g/mol. The zero-order valence-electron chi connectivity index (χ0n) is 13.5. The third-order valence-electron chi connectivity index (χ3n) is 6.08. The number of aromatic nitrogens is 1. The Hall–Kier alpha value is -1.82. The number of nitrogen functional groups attached to an aromatic ring is 1. The molecule has 1 aromatic heterocycles. The van der Waals surface area contributed by atoms with Gasteiger partial charge in [-0.05, 0) is 74.5 Å². The molecule has 24 heavy (non-hydrogen) atoms. The second-order valence-electron chi connectivity index (χ2n) is 8.01. The number of urea groups is 1. The van der Waals surface area contributed by atoms with E-state index in [0.29, 0.717) is 5.13 Å². The van der Waals surface area contributed by atoms with Crippen LogP contribution in [-0.4, -0.2) is 16.6 Å². The number of carbonyl (C=O) groups excluding carboxylic acids is 1. The summed E-state index contributed by atoms with van der Waals surface area (Å²) in [6.07, 6.45) is 7.63. The van der Waals surface area contributed by atoms with Crippen molar-refractivity contribution in [2.24, 2.45) is 17.8 Å². The molecule has 0 unspecified atom stereocenters. The van der Waals surface area contributed by atoms with E-state index in [1.165, 1.54) is 30.6 Å². The van der Waals surface area contributed by atoms with Crippen LogP contribution in [0.3, 0.4) is 0 Å². The van der Waals surface area contributed by atoms with E-state index in [1.807, 2.05) is 18.2 Å². The molecule has 0 spiro atoms. The number of thiazole rings is 1. The van der Waals surface area contributed by atoms with Gasteiger partial charge in [0.25, 0.3) is 0 Å². The molecule has 2 amide bonds. The normalized spacial score (nSPS) is 33.8. The number of anilines is 2. The molecule has 1 aromatic carbocycles. The largest absolute Gasteiger partial charge is 0.375 e. The van der Waals surface area contributed by atoms with Crippen molar-refractivity contribution in [3.8, 4) is 0 Å². The van der Waals surface area contributed by atoms with Crippen LogP contribution < -0.4 is 16.4 Å². The lowest BCUT2D eigenvalue weighted by molar-refractivity contribution is -0.0127. The number of nitrogens with two attached hydrogens (primary N) is 1. The summed E-state index contributed by atoms with van der Waals surface area (Å²) >= 11 is 1.44. The third kappa shape index (κ3) is 2.44. The number of rotatable bonds is 2. The number of hydrogen-bond acceptors (Lipinski definition) is 4. The average Bonchev–Trinajstić information content (AvgIpc) is 2.84. The highest BCUT2D eigenvalue weighted by molar-refractivity contribution is 7.22. The van der Waals surface area contributed by atoms with Gasteiger partial charge in [0.2, 0.25) is 0 Å². The molecule has 0 saturated heterocycles. The molecule has 4 bridgehead atoms. The van der Waals surface area contributed by atoms with E-state index >= 15 is 0 Å². The molecule has 2 aromatic rings. The highest BCUT2D eigenvalue weighted by atomic mass is 32.1. The molecule has 4 aliphatic rings. The summed E-state index contributed by atoms with van der Waals surface area (Å²) in [6, 6.07) is 5.67. The predicted octanol–water partition coefficient (Wildman–Crippen LogP) is 3.97. The topological polar surface area (TPSA) is 80.0 Å². The van der Waals surface area contributed by atoms with Gasteiger partial charge in [-0.1, -0.05) is 11.3 Å². The number of nitrogens with zero attached hydrogens (tertiary/aromatic N) is 1. The summed E-state index contributed by atoms with van der Waals surface area (Å²) in [7, 11) is 0. The first kappa shape index (κ1) is 14.5. The summed E-state index contributed by atoms with van der Waals surface area (Å²) in [5.41, 5.74) is 7.46. The van der Waals surface area contributed by atoms with Crippen molar-refractivity contribution in [1.82, 2.24) is 10.3 Å². The second kappa shape index (κ2) is 5.09. The molecule has 126 valence electrons. The summed E-state index contributed by atoms with van der Waals surface area (Å²) < 4.78 is 1.00. The van der Waals surface area contributed by atoms with Gasteiger partial charge in [0, 0.05) is 11.2 Å². The minimum Gasteiger partial charge on any atom is -0.375 e. The number of hydrogen-bond donors (Lipinski definition) is 3. The van der Waals surface area contributed by atoms with E-state index in [1.54, 1.807) is 0 Å². The molecule has 6 rings (SSSR count).